The highest BCUT2D eigenvalue weighted by molar-refractivity contribution is 5.02. The van der Waals surface area contributed by atoms with Gasteiger partial charge in [-0.15, -0.1) is 0 Å². The molecule has 2 rings (SSSR count). The minimum atomic E-state index is -0.838. The Morgan fingerprint density at radius 3 is 2.95 bits per heavy atom. The Kier molecular flexibility index (Phi) is 3.93. The number of nitrogens with zero attached hydrogens (tertiary/aromatic N) is 4. The van der Waals surface area contributed by atoms with Gasteiger partial charge in [0.2, 0.25) is 0 Å². The van der Waals surface area contributed by atoms with E-state index in [2.05, 4.69) is 15.0 Å². The molecule has 1 aromatic rings. The van der Waals surface area contributed by atoms with Gasteiger partial charge in [-0.1, -0.05) is 5.11 Å². The third-order valence-corrected chi connectivity index (χ3v) is 3.27. The molecule has 0 radical (unpaired) electrons. The fourth-order valence-electron chi connectivity index (χ4n) is 2.26. The zero-order chi connectivity index (χ0) is 14.9. The van der Waals surface area contributed by atoms with Crippen LogP contribution in [0.1, 0.15) is 25.1 Å². The molecule has 0 spiro atoms. The molecule has 1 unspecified atom stereocenters. The van der Waals surface area contributed by atoms with E-state index in [-0.39, 0.29) is 6.42 Å². The molecule has 2 heterocycles. The van der Waals surface area contributed by atoms with Crippen molar-refractivity contribution in [3.8, 4) is 0 Å². The van der Waals surface area contributed by atoms with E-state index >= 15 is 0 Å². The number of aromatic amines is 1. The van der Waals surface area contributed by atoms with Gasteiger partial charge in [0.25, 0.3) is 5.56 Å². The summed E-state index contributed by atoms with van der Waals surface area (Å²) < 4.78 is 6.81. The van der Waals surface area contributed by atoms with E-state index < -0.39 is 35.7 Å². The predicted octanol–water partition coefficient (Wildman–Crippen LogP) is 0.192. The van der Waals surface area contributed by atoms with Crippen molar-refractivity contribution in [2.45, 2.75) is 44.7 Å². The van der Waals surface area contributed by atoms with Crippen LogP contribution in [-0.2, 0) is 4.74 Å². The quantitative estimate of drug-likeness (QED) is 0.464. The Morgan fingerprint density at radius 1 is 1.65 bits per heavy atom. The highest BCUT2D eigenvalue weighted by Gasteiger charge is 2.38. The number of aryl methyl sites for hydroxylation is 1. The summed E-state index contributed by atoms with van der Waals surface area (Å²) in [7, 11) is 0. The van der Waals surface area contributed by atoms with Crippen molar-refractivity contribution in [1.29, 1.82) is 0 Å². The monoisotopic (exact) mass is 281 g/mol. The third kappa shape index (κ3) is 2.60. The molecule has 108 valence electrons. The molecule has 1 fully saturated rings. The normalized spacial score (nSPS) is 27.1. The number of aliphatic hydroxyl groups excluding tert-OH is 1. The van der Waals surface area contributed by atoms with Crippen LogP contribution in [0, 0.1) is 6.92 Å². The first-order chi connectivity index (χ1) is 9.43. The van der Waals surface area contributed by atoms with Gasteiger partial charge in [0, 0.05) is 23.1 Å². The first-order valence-corrected chi connectivity index (χ1v) is 6.14. The maximum atomic E-state index is 11.8. The van der Waals surface area contributed by atoms with Crippen LogP contribution in [0.4, 0.5) is 0 Å². The summed E-state index contributed by atoms with van der Waals surface area (Å²) in [5, 5.41) is 13.2. The number of aromatic nitrogens is 2. The second-order valence-electron chi connectivity index (χ2n) is 4.78. The third-order valence-electron chi connectivity index (χ3n) is 3.27. The molecule has 9 heteroatoms. The van der Waals surface area contributed by atoms with E-state index in [1.54, 1.807) is 6.92 Å². The molecule has 20 heavy (non-hydrogen) atoms. The van der Waals surface area contributed by atoms with Gasteiger partial charge < -0.3 is 9.84 Å². The molecule has 0 bridgehead atoms. The van der Waals surface area contributed by atoms with Crippen LogP contribution in [0.15, 0.2) is 20.9 Å². The Labute approximate surface area is 113 Å². The zero-order valence-corrected chi connectivity index (χ0v) is 11.1. The van der Waals surface area contributed by atoms with Crippen LogP contribution in [-0.4, -0.2) is 32.9 Å². The van der Waals surface area contributed by atoms with Crippen molar-refractivity contribution in [3.63, 3.8) is 0 Å². The highest BCUT2D eigenvalue weighted by atomic mass is 16.5. The van der Waals surface area contributed by atoms with Gasteiger partial charge in [-0.05, 0) is 19.4 Å². The van der Waals surface area contributed by atoms with Crippen molar-refractivity contribution in [2.24, 2.45) is 5.11 Å². The van der Waals surface area contributed by atoms with Crippen LogP contribution < -0.4 is 11.2 Å². The lowest BCUT2D eigenvalue weighted by Gasteiger charge is -2.18. The largest absolute Gasteiger partial charge is 0.391 e. The van der Waals surface area contributed by atoms with Crippen LogP contribution in [0.25, 0.3) is 10.4 Å². The molecular formula is C11H15N5O4. The fraction of sp³-hybridized carbons (Fsp3) is 0.636. The van der Waals surface area contributed by atoms with Crippen molar-refractivity contribution >= 4 is 0 Å². The van der Waals surface area contributed by atoms with E-state index in [0.29, 0.717) is 5.56 Å². The number of hydrogen-bond acceptors (Lipinski definition) is 5. The molecule has 9 nitrogen and oxygen atoms in total. The molecular weight excluding hydrogens is 266 g/mol. The second kappa shape index (κ2) is 5.49. The summed E-state index contributed by atoms with van der Waals surface area (Å²) >= 11 is 0. The van der Waals surface area contributed by atoms with Gasteiger partial charge in [-0.2, -0.15) is 0 Å². The number of H-pyrrole nitrogens is 1. The average molecular weight is 281 g/mol. The summed E-state index contributed by atoms with van der Waals surface area (Å²) in [6, 6.07) is -0.566. The molecule has 1 aliphatic heterocycles. The van der Waals surface area contributed by atoms with E-state index in [4.69, 9.17) is 10.3 Å². The summed E-state index contributed by atoms with van der Waals surface area (Å²) in [5.74, 6) is 0. The summed E-state index contributed by atoms with van der Waals surface area (Å²) in [5.41, 5.74) is 7.84. The number of hydrogen-bond donors (Lipinski definition) is 2. The van der Waals surface area contributed by atoms with E-state index in [0.717, 1.165) is 0 Å². The molecule has 0 amide bonds. The molecule has 0 aromatic carbocycles. The minimum absolute atomic E-state index is 0.255. The molecule has 0 aliphatic carbocycles. The number of rotatable bonds is 3. The molecule has 0 saturated carbocycles. The lowest BCUT2D eigenvalue weighted by Crippen LogP contribution is -2.34. The Balaban J connectivity index is 2.36. The SMILES string of the molecule is Cc1cn([C@H]2C[C@H](N=[N+]=[N-])[C@@H](C(C)O)O2)c(=O)[nH]c1=O. The summed E-state index contributed by atoms with van der Waals surface area (Å²) in [6.07, 6.45) is -0.563. The maximum Gasteiger partial charge on any atom is 0.330 e. The zero-order valence-electron chi connectivity index (χ0n) is 11.1. The van der Waals surface area contributed by atoms with Gasteiger partial charge in [0.05, 0.1) is 18.2 Å². The number of ether oxygens (including phenoxy) is 1. The number of nitrogens with one attached hydrogen (secondary N) is 1. The van der Waals surface area contributed by atoms with Crippen LogP contribution in [0.3, 0.4) is 0 Å². The smallest absolute Gasteiger partial charge is 0.330 e. The van der Waals surface area contributed by atoms with Crippen LogP contribution >= 0.6 is 0 Å². The molecule has 1 aliphatic rings. The van der Waals surface area contributed by atoms with E-state index in [1.165, 1.54) is 17.7 Å². The minimum Gasteiger partial charge on any atom is -0.391 e. The van der Waals surface area contributed by atoms with Crippen molar-refractivity contribution in [2.75, 3.05) is 0 Å². The maximum absolute atomic E-state index is 11.8. The molecule has 2 N–H and O–H groups in total. The summed E-state index contributed by atoms with van der Waals surface area (Å²) in [4.78, 5) is 28.0. The standard InChI is InChI=1S/C11H15N5O4/c1-5-4-16(11(19)13-10(5)18)8-3-7(14-15-12)9(20-8)6(2)17/h4,6-9,17H,3H2,1-2H3,(H,13,18,19)/t6?,7-,8+,9+/m0/s1. The Bertz CT molecular complexity index is 658. The second-order valence-corrected chi connectivity index (χ2v) is 4.78. The predicted molar refractivity (Wildman–Crippen MR) is 69.2 cm³/mol. The molecule has 4 atom stereocenters. The first-order valence-electron chi connectivity index (χ1n) is 6.14. The molecule has 1 saturated heterocycles. The topological polar surface area (TPSA) is 133 Å². The fourth-order valence-corrected chi connectivity index (χ4v) is 2.26. The van der Waals surface area contributed by atoms with E-state index in [1.807, 2.05) is 0 Å². The van der Waals surface area contributed by atoms with Crippen molar-refractivity contribution in [3.05, 3.63) is 43.0 Å². The van der Waals surface area contributed by atoms with Gasteiger partial charge in [0.15, 0.2) is 0 Å². The first kappa shape index (κ1) is 14.3. The van der Waals surface area contributed by atoms with Crippen molar-refractivity contribution < 1.29 is 9.84 Å². The molecule has 1 aromatic heterocycles. The van der Waals surface area contributed by atoms with Gasteiger partial charge in [-0.25, -0.2) is 4.79 Å². The Morgan fingerprint density at radius 2 is 2.35 bits per heavy atom. The highest BCUT2D eigenvalue weighted by Crippen LogP contribution is 2.31. The lowest BCUT2D eigenvalue weighted by molar-refractivity contribution is -0.0574. The van der Waals surface area contributed by atoms with Gasteiger partial charge in [0.1, 0.15) is 6.23 Å². The van der Waals surface area contributed by atoms with Gasteiger partial charge in [-0.3, -0.25) is 14.3 Å². The van der Waals surface area contributed by atoms with E-state index in [9.17, 15) is 14.7 Å². The number of azide groups is 1. The summed E-state index contributed by atoms with van der Waals surface area (Å²) in [6.45, 7) is 3.09. The van der Waals surface area contributed by atoms with Crippen molar-refractivity contribution in [1.82, 2.24) is 9.55 Å². The average Bonchev–Trinajstić information content (AvgIpc) is 2.78. The van der Waals surface area contributed by atoms with Crippen LogP contribution in [0.5, 0.6) is 0 Å². The number of aliphatic hydroxyl groups is 1. The van der Waals surface area contributed by atoms with Crippen LogP contribution in [0.2, 0.25) is 0 Å². The Hall–Kier alpha value is -2.09. The van der Waals surface area contributed by atoms with Gasteiger partial charge >= 0.3 is 5.69 Å². The lowest BCUT2D eigenvalue weighted by atomic mass is 10.1.